The normalized spacial score (nSPS) is 21.8. The van der Waals surface area contributed by atoms with E-state index in [1.807, 2.05) is 29.1 Å². The lowest BCUT2D eigenvalue weighted by Crippen LogP contribution is -2.35. The molecule has 1 unspecified atom stereocenters. The molecule has 1 aliphatic heterocycles. The molecule has 2 aliphatic rings. The highest BCUT2D eigenvalue weighted by Gasteiger charge is 2.30. The number of hydrogen-bond acceptors (Lipinski definition) is 5. The van der Waals surface area contributed by atoms with Gasteiger partial charge in [-0.2, -0.15) is 0 Å². The Morgan fingerprint density at radius 3 is 2.88 bits per heavy atom. The highest BCUT2D eigenvalue weighted by Crippen LogP contribution is 2.42. The van der Waals surface area contributed by atoms with Gasteiger partial charge in [0.2, 0.25) is 0 Å². The molecule has 0 bridgehead atoms. The highest BCUT2D eigenvalue weighted by molar-refractivity contribution is 7.09. The second-order valence-corrected chi connectivity index (χ2v) is 7.94. The summed E-state index contributed by atoms with van der Waals surface area (Å²) in [5.41, 5.74) is 4.58. The molecule has 5 heteroatoms. The molecule has 1 N–H and O–H groups in total. The molecule has 1 saturated carbocycles. The molecule has 2 fully saturated rings. The molecular formula is C19H26N4S. The summed E-state index contributed by atoms with van der Waals surface area (Å²) >= 11 is 1.84. The summed E-state index contributed by atoms with van der Waals surface area (Å²) in [6.07, 6.45) is 8.32. The van der Waals surface area contributed by atoms with Crippen LogP contribution in [0.2, 0.25) is 0 Å². The largest absolute Gasteiger partial charge is 0.317 e. The number of nitrogens with one attached hydrogen (secondary N) is 1. The molecule has 0 aromatic carbocycles. The van der Waals surface area contributed by atoms with E-state index in [0.29, 0.717) is 6.04 Å². The van der Waals surface area contributed by atoms with Crippen LogP contribution >= 0.6 is 11.3 Å². The van der Waals surface area contributed by atoms with Crippen molar-refractivity contribution >= 4 is 11.3 Å². The van der Waals surface area contributed by atoms with Crippen LogP contribution in [0.4, 0.5) is 0 Å². The summed E-state index contributed by atoms with van der Waals surface area (Å²) < 4.78 is 0. The molecule has 4 rings (SSSR count). The van der Waals surface area contributed by atoms with Crippen molar-refractivity contribution in [1.29, 1.82) is 0 Å². The van der Waals surface area contributed by atoms with E-state index in [2.05, 4.69) is 32.3 Å². The third kappa shape index (κ3) is 4.02. The number of nitrogens with zero attached hydrogens (tertiary/aromatic N) is 3. The van der Waals surface area contributed by atoms with Crippen LogP contribution in [0.25, 0.3) is 0 Å². The van der Waals surface area contributed by atoms with Crippen molar-refractivity contribution in [3.8, 4) is 0 Å². The molecule has 128 valence electrons. The van der Waals surface area contributed by atoms with Crippen molar-refractivity contribution in [2.45, 2.75) is 57.2 Å². The van der Waals surface area contributed by atoms with Crippen molar-refractivity contribution in [2.24, 2.45) is 0 Å². The Bertz CT molecular complexity index is 630. The van der Waals surface area contributed by atoms with Gasteiger partial charge in [0.15, 0.2) is 0 Å². The minimum atomic E-state index is 0.635. The standard InChI is InChI=1S/C19H26N4S/c1-2-10-21-16(4-1)12-23(17-5-3-9-20-11-8-17)13-18-19(15-6-7-15)22-14-24-18/h1-2,4,10,14-15,17,20H,3,5-9,11-13H2. The predicted molar refractivity (Wildman–Crippen MR) is 98.1 cm³/mol. The maximum Gasteiger partial charge on any atom is 0.0798 e. The van der Waals surface area contributed by atoms with E-state index < -0.39 is 0 Å². The number of thiazole rings is 1. The van der Waals surface area contributed by atoms with Gasteiger partial charge in [0.05, 0.1) is 16.9 Å². The van der Waals surface area contributed by atoms with Gasteiger partial charge >= 0.3 is 0 Å². The second kappa shape index (κ2) is 7.72. The lowest BCUT2D eigenvalue weighted by molar-refractivity contribution is 0.163. The summed E-state index contributed by atoms with van der Waals surface area (Å²) in [5.74, 6) is 0.735. The maximum absolute atomic E-state index is 4.67. The average molecular weight is 343 g/mol. The fraction of sp³-hybridized carbons (Fsp3) is 0.579. The first kappa shape index (κ1) is 16.2. The molecule has 0 spiro atoms. The number of pyridine rings is 1. The van der Waals surface area contributed by atoms with Crippen LogP contribution in [0.15, 0.2) is 29.9 Å². The van der Waals surface area contributed by atoms with Gasteiger partial charge in [-0.25, -0.2) is 4.98 Å². The fourth-order valence-corrected chi connectivity index (χ4v) is 4.53. The molecule has 3 heterocycles. The number of rotatable bonds is 6. The molecule has 0 amide bonds. The SMILES string of the molecule is c1ccc(CN(Cc2scnc2C2CC2)C2CCCNCC2)nc1. The molecular weight excluding hydrogens is 316 g/mol. The zero-order valence-corrected chi connectivity index (χ0v) is 15.0. The van der Waals surface area contributed by atoms with Crippen LogP contribution < -0.4 is 5.32 Å². The van der Waals surface area contributed by atoms with E-state index in [0.717, 1.165) is 32.1 Å². The van der Waals surface area contributed by atoms with Gasteiger partial charge in [0.25, 0.3) is 0 Å². The third-order valence-electron chi connectivity index (χ3n) is 5.14. The molecule has 0 radical (unpaired) electrons. The highest BCUT2D eigenvalue weighted by atomic mass is 32.1. The summed E-state index contributed by atoms with van der Waals surface area (Å²) in [6, 6.07) is 6.88. The summed E-state index contributed by atoms with van der Waals surface area (Å²) in [5, 5.41) is 3.54. The van der Waals surface area contributed by atoms with Crippen molar-refractivity contribution in [3.05, 3.63) is 46.2 Å². The Morgan fingerprint density at radius 2 is 2.04 bits per heavy atom. The Kier molecular flexibility index (Phi) is 5.21. The quantitative estimate of drug-likeness (QED) is 0.871. The van der Waals surface area contributed by atoms with Crippen LogP contribution in [0.5, 0.6) is 0 Å². The van der Waals surface area contributed by atoms with Crippen LogP contribution in [0.3, 0.4) is 0 Å². The van der Waals surface area contributed by atoms with Crippen LogP contribution in [-0.4, -0.2) is 34.0 Å². The lowest BCUT2D eigenvalue weighted by atomic mass is 10.1. The monoisotopic (exact) mass is 342 g/mol. The average Bonchev–Trinajstić information content (AvgIpc) is 3.40. The van der Waals surface area contributed by atoms with Gasteiger partial charge in [-0.15, -0.1) is 11.3 Å². The summed E-state index contributed by atoms with van der Waals surface area (Å²) in [7, 11) is 0. The van der Waals surface area contributed by atoms with E-state index in [4.69, 9.17) is 0 Å². The van der Waals surface area contributed by atoms with E-state index in [1.165, 1.54) is 48.4 Å². The predicted octanol–water partition coefficient (Wildman–Crippen LogP) is 3.56. The van der Waals surface area contributed by atoms with Gasteiger partial charge in [-0.1, -0.05) is 6.07 Å². The van der Waals surface area contributed by atoms with Gasteiger partial charge < -0.3 is 5.32 Å². The number of hydrogen-bond donors (Lipinski definition) is 1. The molecule has 1 atom stereocenters. The van der Waals surface area contributed by atoms with Crippen LogP contribution in [0, 0.1) is 0 Å². The zero-order chi connectivity index (χ0) is 16.2. The van der Waals surface area contributed by atoms with Gasteiger partial charge in [-0.3, -0.25) is 9.88 Å². The van der Waals surface area contributed by atoms with Crippen molar-refractivity contribution in [3.63, 3.8) is 0 Å². The molecule has 2 aromatic heterocycles. The molecule has 1 aliphatic carbocycles. The first-order chi connectivity index (χ1) is 11.9. The fourth-order valence-electron chi connectivity index (χ4n) is 3.65. The van der Waals surface area contributed by atoms with Crippen molar-refractivity contribution in [1.82, 2.24) is 20.2 Å². The van der Waals surface area contributed by atoms with Crippen molar-refractivity contribution < 1.29 is 0 Å². The summed E-state index contributed by atoms with van der Waals surface area (Å²) in [6.45, 7) is 4.24. The van der Waals surface area contributed by atoms with Crippen molar-refractivity contribution in [2.75, 3.05) is 13.1 Å². The maximum atomic E-state index is 4.67. The smallest absolute Gasteiger partial charge is 0.0798 e. The molecule has 24 heavy (non-hydrogen) atoms. The second-order valence-electron chi connectivity index (χ2n) is 7.00. The Morgan fingerprint density at radius 1 is 1.08 bits per heavy atom. The van der Waals surface area contributed by atoms with Gasteiger partial charge in [-0.05, 0) is 57.3 Å². The first-order valence-corrected chi connectivity index (χ1v) is 10.0. The van der Waals surface area contributed by atoms with E-state index >= 15 is 0 Å². The number of aromatic nitrogens is 2. The van der Waals surface area contributed by atoms with Gasteiger partial charge in [0, 0.05) is 36.1 Å². The topological polar surface area (TPSA) is 41.1 Å². The molecule has 1 saturated heterocycles. The first-order valence-electron chi connectivity index (χ1n) is 9.17. The lowest BCUT2D eigenvalue weighted by Gasteiger charge is -2.30. The minimum Gasteiger partial charge on any atom is -0.317 e. The Labute approximate surface area is 148 Å². The zero-order valence-electron chi connectivity index (χ0n) is 14.2. The third-order valence-corrected chi connectivity index (χ3v) is 5.97. The van der Waals surface area contributed by atoms with E-state index in [9.17, 15) is 0 Å². The van der Waals surface area contributed by atoms with Crippen LogP contribution in [-0.2, 0) is 13.1 Å². The summed E-state index contributed by atoms with van der Waals surface area (Å²) in [4.78, 5) is 13.4. The van der Waals surface area contributed by atoms with E-state index in [-0.39, 0.29) is 0 Å². The van der Waals surface area contributed by atoms with Crippen LogP contribution in [0.1, 0.15) is 54.3 Å². The molecule has 2 aromatic rings. The van der Waals surface area contributed by atoms with E-state index in [1.54, 1.807) is 0 Å². The van der Waals surface area contributed by atoms with Gasteiger partial charge in [0.1, 0.15) is 0 Å². The molecule has 4 nitrogen and oxygen atoms in total. The Balaban J connectivity index is 1.53. The Hall–Kier alpha value is -1.30. The minimum absolute atomic E-state index is 0.635.